The van der Waals surface area contributed by atoms with Gasteiger partial charge in [0.2, 0.25) is 0 Å². The number of aromatic nitrogens is 6. The normalized spacial score (nSPS) is 11.7. The van der Waals surface area contributed by atoms with Crippen molar-refractivity contribution in [2.24, 2.45) is 13.0 Å². The monoisotopic (exact) mass is 398 g/mol. The van der Waals surface area contributed by atoms with Crippen molar-refractivity contribution < 1.29 is 0 Å². The zero-order valence-corrected chi connectivity index (χ0v) is 18.2. The largest absolute Gasteiger partial charge is 0.332 e. The summed E-state index contributed by atoms with van der Waals surface area (Å²) in [6, 6.07) is 0. The third-order valence-electron chi connectivity index (χ3n) is 5.25. The third-order valence-corrected chi connectivity index (χ3v) is 5.25. The number of unbranched alkanes of at least 4 members (excludes halogenated alkanes) is 1. The summed E-state index contributed by atoms with van der Waals surface area (Å²) >= 11 is 0. The predicted octanol–water partition coefficient (Wildman–Crippen LogP) is 2.42. The van der Waals surface area contributed by atoms with Crippen molar-refractivity contribution >= 4 is 11.2 Å². The second-order valence-electron chi connectivity index (χ2n) is 8.13. The summed E-state index contributed by atoms with van der Waals surface area (Å²) in [5.41, 5.74) is 4.53. The Hall–Kier alpha value is -2.77. The molecule has 0 aliphatic rings. The number of hydrogen-bond donors (Lipinski definition) is 1. The van der Waals surface area contributed by atoms with E-state index in [4.69, 9.17) is 9.97 Å². The lowest BCUT2D eigenvalue weighted by Crippen LogP contribution is -2.40. The summed E-state index contributed by atoms with van der Waals surface area (Å²) < 4.78 is 2.71. The van der Waals surface area contributed by atoms with Crippen LogP contribution in [0.5, 0.6) is 0 Å². The maximum absolute atomic E-state index is 12.8. The SMILES string of the molecule is CCCCc1nc2c(=O)n(C)c(=O)n(CC(C)C)c2nc1Cc1c(C)n[nH]c1C. The molecule has 0 atom stereocenters. The Labute approximate surface area is 170 Å². The Balaban J connectivity index is 2.29. The molecule has 0 unspecified atom stereocenters. The highest BCUT2D eigenvalue weighted by molar-refractivity contribution is 5.69. The van der Waals surface area contributed by atoms with E-state index >= 15 is 0 Å². The first-order chi connectivity index (χ1) is 13.7. The van der Waals surface area contributed by atoms with Gasteiger partial charge < -0.3 is 0 Å². The van der Waals surface area contributed by atoms with Crippen LogP contribution >= 0.6 is 0 Å². The first-order valence-electron chi connectivity index (χ1n) is 10.2. The average Bonchev–Trinajstić information content (AvgIpc) is 3.00. The highest BCUT2D eigenvalue weighted by Crippen LogP contribution is 2.19. The van der Waals surface area contributed by atoms with Gasteiger partial charge >= 0.3 is 5.69 Å². The first-order valence-corrected chi connectivity index (χ1v) is 10.2. The molecule has 0 aliphatic carbocycles. The molecule has 8 heteroatoms. The van der Waals surface area contributed by atoms with E-state index in [2.05, 4.69) is 17.1 Å². The van der Waals surface area contributed by atoms with Crippen molar-refractivity contribution in [1.82, 2.24) is 29.3 Å². The summed E-state index contributed by atoms with van der Waals surface area (Å²) in [6.07, 6.45) is 3.30. The second-order valence-corrected chi connectivity index (χ2v) is 8.13. The van der Waals surface area contributed by atoms with Crippen LogP contribution in [0.4, 0.5) is 0 Å². The van der Waals surface area contributed by atoms with E-state index in [9.17, 15) is 9.59 Å². The number of fused-ring (bicyclic) bond motifs is 1. The molecule has 156 valence electrons. The molecule has 3 aromatic rings. The molecular weight excluding hydrogens is 368 g/mol. The summed E-state index contributed by atoms with van der Waals surface area (Å²) in [5, 5.41) is 7.29. The molecule has 3 aromatic heterocycles. The van der Waals surface area contributed by atoms with Crippen LogP contribution in [-0.2, 0) is 26.4 Å². The van der Waals surface area contributed by atoms with E-state index in [1.165, 1.54) is 7.05 Å². The standard InChI is InChI=1S/C21H30N6O2/c1-7-8-9-16-17(10-15-13(4)24-25-14(15)5)23-19-18(22-16)20(28)26(6)21(29)27(19)11-12(2)3/h12H,7-11H2,1-6H3,(H,24,25). The minimum Gasteiger partial charge on any atom is -0.282 e. The molecule has 0 radical (unpaired) electrons. The maximum Gasteiger partial charge on any atom is 0.332 e. The van der Waals surface area contributed by atoms with E-state index in [0.29, 0.717) is 18.6 Å². The Kier molecular flexibility index (Phi) is 6.00. The molecule has 0 aromatic carbocycles. The number of aromatic amines is 1. The van der Waals surface area contributed by atoms with E-state index in [0.717, 1.165) is 52.2 Å². The van der Waals surface area contributed by atoms with E-state index in [-0.39, 0.29) is 17.1 Å². The lowest BCUT2D eigenvalue weighted by atomic mass is 10.0. The number of nitrogens with zero attached hydrogens (tertiary/aromatic N) is 5. The van der Waals surface area contributed by atoms with Gasteiger partial charge in [-0.15, -0.1) is 0 Å². The Morgan fingerprint density at radius 2 is 1.83 bits per heavy atom. The first kappa shape index (κ1) is 21.0. The molecule has 0 spiro atoms. The van der Waals surface area contributed by atoms with Crippen LogP contribution in [0.1, 0.15) is 62.0 Å². The number of H-pyrrole nitrogens is 1. The van der Waals surface area contributed by atoms with Crippen LogP contribution in [0.3, 0.4) is 0 Å². The minimum absolute atomic E-state index is 0.233. The Morgan fingerprint density at radius 3 is 2.41 bits per heavy atom. The predicted molar refractivity (Wildman–Crippen MR) is 113 cm³/mol. The smallest absolute Gasteiger partial charge is 0.282 e. The average molecular weight is 399 g/mol. The zero-order chi connectivity index (χ0) is 21.3. The summed E-state index contributed by atoms with van der Waals surface area (Å²) in [7, 11) is 1.50. The topological polar surface area (TPSA) is 98.5 Å². The van der Waals surface area contributed by atoms with Gasteiger partial charge in [-0.25, -0.2) is 14.8 Å². The van der Waals surface area contributed by atoms with Gasteiger partial charge in [-0.2, -0.15) is 5.10 Å². The van der Waals surface area contributed by atoms with Crippen LogP contribution in [-0.4, -0.2) is 29.3 Å². The van der Waals surface area contributed by atoms with Gasteiger partial charge in [0.25, 0.3) is 5.56 Å². The van der Waals surface area contributed by atoms with Crippen molar-refractivity contribution in [3.05, 3.63) is 49.2 Å². The fourth-order valence-electron chi connectivity index (χ4n) is 3.56. The van der Waals surface area contributed by atoms with Crippen molar-refractivity contribution in [2.45, 2.75) is 66.8 Å². The molecule has 8 nitrogen and oxygen atoms in total. The van der Waals surface area contributed by atoms with Crippen LogP contribution in [0.15, 0.2) is 9.59 Å². The van der Waals surface area contributed by atoms with Gasteiger partial charge in [-0.1, -0.05) is 27.2 Å². The van der Waals surface area contributed by atoms with Gasteiger partial charge in [0.15, 0.2) is 11.2 Å². The number of aryl methyl sites for hydroxylation is 3. The summed E-state index contributed by atoms with van der Waals surface area (Å²) in [4.78, 5) is 35.1. The molecule has 0 fully saturated rings. The quantitative estimate of drug-likeness (QED) is 0.659. The lowest BCUT2D eigenvalue weighted by molar-refractivity contribution is 0.498. The highest BCUT2D eigenvalue weighted by Gasteiger charge is 2.19. The van der Waals surface area contributed by atoms with Gasteiger partial charge in [-0.05, 0) is 32.6 Å². The minimum atomic E-state index is -0.391. The zero-order valence-electron chi connectivity index (χ0n) is 18.2. The van der Waals surface area contributed by atoms with Crippen molar-refractivity contribution in [1.29, 1.82) is 0 Å². The van der Waals surface area contributed by atoms with Gasteiger partial charge in [0.1, 0.15) is 0 Å². The van der Waals surface area contributed by atoms with Crippen LogP contribution in [0, 0.1) is 19.8 Å². The molecule has 1 N–H and O–H groups in total. The summed E-state index contributed by atoms with van der Waals surface area (Å²) in [6.45, 7) is 10.6. The van der Waals surface area contributed by atoms with E-state index in [1.807, 2.05) is 27.7 Å². The Bertz CT molecular complexity index is 1130. The fraction of sp³-hybridized carbons (Fsp3) is 0.571. The second kappa shape index (κ2) is 8.31. The van der Waals surface area contributed by atoms with Crippen LogP contribution in [0.2, 0.25) is 0 Å². The number of nitrogens with one attached hydrogen (secondary N) is 1. The van der Waals surface area contributed by atoms with Gasteiger partial charge in [0.05, 0.1) is 17.1 Å². The number of hydrogen-bond acceptors (Lipinski definition) is 5. The lowest BCUT2D eigenvalue weighted by Gasteiger charge is -2.16. The van der Waals surface area contributed by atoms with E-state index in [1.54, 1.807) is 4.57 Å². The summed E-state index contributed by atoms with van der Waals surface area (Å²) in [5.74, 6) is 0.233. The molecular formula is C21H30N6O2. The van der Waals surface area contributed by atoms with Crippen LogP contribution in [0.25, 0.3) is 11.2 Å². The van der Waals surface area contributed by atoms with Crippen LogP contribution < -0.4 is 11.2 Å². The maximum atomic E-state index is 12.8. The fourth-order valence-corrected chi connectivity index (χ4v) is 3.56. The molecule has 29 heavy (non-hydrogen) atoms. The molecule has 0 saturated heterocycles. The Morgan fingerprint density at radius 1 is 1.10 bits per heavy atom. The molecule has 3 rings (SSSR count). The third kappa shape index (κ3) is 4.02. The molecule has 0 aliphatic heterocycles. The molecule has 0 amide bonds. The van der Waals surface area contributed by atoms with Crippen molar-refractivity contribution in [3.8, 4) is 0 Å². The highest BCUT2D eigenvalue weighted by atomic mass is 16.2. The van der Waals surface area contributed by atoms with Gasteiger partial charge in [-0.3, -0.25) is 19.0 Å². The van der Waals surface area contributed by atoms with Crippen molar-refractivity contribution in [2.75, 3.05) is 0 Å². The van der Waals surface area contributed by atoms with Gasteiger partial charge in [0, 0.05) is 31.3 Å². The van der Waals surface area contributed by atoms with Crippen molar-refractivity contribution in [3.63, 3.8) is 0 Å². The number of rotatable bonds is 7. The molecule has 3 heterocycles. The van der Waals surface area contributed by atoms with E-state index < -0.39 is 5.56 Å². The molecule has 0 bridgehead atoms. The molecule has 0 saturated carbocycles.